The highest BCUT2D eigenvalue weighted by Gasteiger charge is 2.60. The standard InChI is InChI=1S/C38H45N7O13S/c1-22-31-30(23(2)46)35(48)43(31)32(36(49)57-20-24-4-8-26(9-5-24)44(52)53)33(22)59-28-18-29(34(47)41-13-3-12-40(14-15-41)16-17-56-37(39)50)42(19-28)38(51)58-21-25-6-10-27(11-7-25)45(54)55/h4-11,22-23,28-31,46H,3,12-21H2,1-2H3,(H2,39,50)/t22-,23-,28+,29+,30-,31-/m1/s1. The first kappa shape index (κ1) is 42.8. The maximum absolute atomic E-state index is 14.3. The van der Waals surface area contributed by atoms with E-state index < -0.39 is 69.2 Å². The van der Waals surface area contributed by atoms with E-state index in [1.165, 1.54) is 77.0 Å². The summed E-state index contributed by atoms with van der Waals surface area (Å²) in [6.07, 6.45) is -1.87. The lowest BCUT2D eigenvalue weighted by Gasteiger charge is -2.46. The van der Waals surface area contributed by atoms with E-state index in [9.17, 15) is 49.3 Å². The van der Waals surface area contributed by atoms with Crippen LogP contribution in [0.5, 0.6) is 0 Å². The lowest BCUT2D eigenvalue weighted by molar-refractivity contribution is -0.385. The lowest BCUT2D eigenvalue weighted by atomic mass is 9.79. The molecule has 3 fully saturated rings. The monoisotopic (exact) mass is 839 g/mol. The Balaban J connectivity index is 1.22. The second kappa shape index (κ2) is 18.4. The van der Waals surface area contributed by atoms with Crippen LogP contribution in [-0.4, -0.2) is 134 Å². The molecule has 4 aliphatic heterocycles. The minimum absolute atomic E-state index is 0.00584. The maximum atomic E-state index is 14.3. The van der Waals surface area contributed by atoms with Crippen molar-refractivity contribution in [3.63, 3.8) is 0 Å². The highest BCUT2D eigenvalue weighted by molar-refractivity contribution is 8.03. The number of primary amides is 1. The Morgan fingerprint density at radius 2 is 1.53 bits per heavy atom. The number of aliphatic hydroxyl groups is 1. The van der Waals surface area contributed by atoms with Crippen molar-refractivity contribution in [1.82, 2.24) is 19.6 Å². The third-order valence-electron chi connectivity index (χ3n) is 11.0. The van der Waals surface area contributed by atoms with Crippen molar-refractivity contribution in [2.75, 3.05) is 45.9 Å². The summed E-state index contributed by atoms with van der Waals surface area (Å²) in [5, 5.41) is 32.3. The fraction of sp³-hybridized carbons (Fsp3) is 0.500. The first-order valence-corrected chi connectivity index (χ1v) is 19.9. The molecule has 0 aromatic heterocycles. The average Bonchev–Trinajstić information content (AvgIpc) is 3.62. The van der Waals surface area contributed by atoms with Gasteiger partial charge in [-0.25, -0.2) is 14.4 Å². The number of carbonyl (C=O) groups is 5. The number of non-ortho nitro benzene ring substituents is 2. The summed E-state index contributed by atoms with van der Waals surface area (Å²) in [5.41, 5.74) is 5.81. The smallest absolute Gasteiger partial charge is 0.410 e. The fourth-order valence-corrected chi connectivity index (χ4v) is 9.46. The number of carbonyl (C=O) groups excluding carboxylic acids is 5. The lowest BCUT2D eigenvalue weighted by Crippen LogP contribution is -2.63. The zero-order valence-electron chi connectivity index (χ0n) is 32.4. The molecule has 4 aliphatic rings. The second-order valence-electron chi connectivity index (χ2n) is 14.8. The molecule has 2 aromatic carbocycles. The molecule has 3 saturated heterocycles. The largest absolute Gasteiger partial charge is 0.456 e. The van der Waals surface area contributed by atoms with Gasteiger partial charge in [-0.05, 0) is 55.2 Å². The second-order valence-corrected chi connectivity index (χ2v) is 16.1. The van der Waals surface area contributed by atoms with Crippen LogP contribution in [0.2, 0.25) is 0 Å². The van der Waals surface area contributed by atoms with E-state index in [-0.39, 0.29) is 55.8 Å². The number of ether oxygens (including phenoxy) is 3. The van der Waals surface area contributed by atoms with Gasteiger partial charge in [-0.2, -0.15) is 0 Å². The van der Waals surface area contributed by atoms with Gasteiger partial charge in [-0.1, -0.05) is 6.92 Å². The molecule has 0 spiro atoms. The molecule has 0 saturated carbocycles. The third-order valence-corrected chi connectivity index (χ3v) is 12.5. The van der Waals surface area contributed by atoms with Gasteiger partial charge in [0, 0.05) is 79.6 Å². The van der Waals surface area contributed by atoms with Gasteiger partial charge < -0.3 is 34.9 Å². The van der Waals surface area contributed by atoms with Crippen LogP contribution >= 0.6 is 11.8 Å². The van der Waals surface area contributed by atoms with Gasteiger partial charge in [-0.15, -0.1) is 11.8 Å². The molecule has 0 radical (unpaired) electrons. The molecule has 6 rings (SSSR count). The number of hydrogen-bond acceptors (Lipinski definition) is 15. The van der Waals surface area contributed by atoms with Gasteiger partial charge in [0.2, 0.25) is 11.8 Å². The van der Waals surface area contributed by atoms with E-state index in [4.69, 9.17) is 19.9 Å². The van der Waals surface area contributed by atoms with E-state index in [2.05, 4.69) is 0 Å². The molecule has 0 bridgehead atoms. The van der Waals surface area contributed by atoms with E-state index in [0.29, 0.717) is 55.2 Å². The molecule has 59 heavy (non-hydrogen) atoms. The Morgan fingerprint density at radius 3 is 2.10 bits per heavy atom. The molecule has 0 aliphatic carbocycles. The van der Waals surface area contributed by atoms with Crippen LogP contribution < -0.4 is 5.73 Å². The minimum atomic E-state index is -0.998. The van der Waals surface area contributed by atoms with Crippen LogP contribution in [-0.2, 0) is 41.8 Å². The third kappa shape index (κ3) is 9.58. The number of nitro benzene ring substituents is 2. The molecular weight excluding hydrogens is 795 g/mol. The van der Waals surface area contributed by atoms with Crippen molar-refractivity contribution in [3.05, 3.63) is 90.5 Å². The number of esters is 1. The quantitative estimate of drug-likeness (QED) is 0.0912. The molecule has 21 heteroatoms. The van der Waals surface area contributed by atoms with Crippen molar-refractivity contribution >= 4 is 53.1 Å². The van der Waals surface area contributed by atoms with Crippen molar-refractivity contribution in [1.29, 1.82) is 0 Å². The summed E-state index contributed by atoms with van der Waals surface area (Å²) in [6, 6.07) is 9.51. The van der Waals surface area contributed by atoms with Crippen molar-refractivity contribution < 1.29 is 53.1 Å². The fourth-order valence-electron chi connectivity index (χ4n) is 7.94. The number of β-lactam (4-membered cyclic amide) rings is 1. The number of fused-ring (bicyclic) bond motifs is 1. The number of thioether (sulfide) groups is 1. The molecule has 316 valence electrons. The van der Waals surface area contributed by atoms with Crippen LogP contribution in [0.4, 0.5) is 21.0 Å². The van der Waals surface area contributed by atoms with Crippen LogP contribution in [0, 0.1) is 32.1 Å². The van der Waals surface area contributed by atoms with Crippen LogP contribution in [0.3, 0.4) is 0 Å². The zero-order valence-corrected chi connectivity index (χ0v) is 33.2. The Kier molecular flexibility index (Phi) is 13.4. The predicted molar refractivity (Wildman–Crippen MR) is 208 cm³/mol. The number of benzene rings is 2. The van der Waals surface area contributed by atoms with E-state index in [1.807, 2.05) is 11.8 Å². The Labute approximate surface area is 342 Å². The van der Waals surface area contributed by atoms with Gasteiger partial charge in [0.25, 0.3) is 11.4 Å². The predicted octanol–water partition coefficient (Wildman–Crippen LogP) is 2.76. The van der Waals surface area contributed by atoms with E-state index in [1.54, 1.807) is 4.90 Å². The molecule has 4 heterocycles. The number of amides is 4. The van der Waals surface area contributed by atoms with Gasteiger partial charge >= 0.3 is 18.2 Å². The summed E-state index contributed by atoms with van der Waals surface area (Å²) in [4.78, 5) is 94.5. The summed E-state index contributed by atoms with van der Waals surface area (Å²) in [6.45, 7) is 5.30. The van der Waals surface area contributed by atoms with Crippen LogP contribution in [0.1, 0.15) is 37.8 Å². The van der Waals surface area contributed by atoms with Gasteiger partial charge in [0.15, 0.2) is 0 Å². The van der Waals surface area contributed by atoms with Crippen molar-refractivity contribution in [3.8, 4) is 0 Å². The maximum Gasteiger partial charge on any atom is 0.410 e. The number of likely N-dealkylation sites (tertiary alicyclic amines) is 1. The molecule has 4 amide bonds. The summed E-state index contributed by atoms with van der Waals surface area (Å²) >= 11 is 1.26. The topological polar surface area (TPSA) is 259 Å². The van der Waals surface area contributed by atoms with E-state index >= 15 is 0 Å². The SMILES string of the molecule is C[C@@H](O)[C@H]1C(=O)N2C(C(=O)OCc3ccc([N+](=O)[O-])cc3)=C(S[C@H]3C[C@@H](C(=O)N4CCCN(CCOC(N)=O)CC4)N(C(=O)OCc4ccc([N+](=O)[O-])cc4)C3)[C@H](C)[C@H]12. The normalized spacial score (nSPS) is 23.5. The van der Waals surface area contributed by atoms with Gasteiger partial charge in [0.05, 0.1) is 27.9 Å². The number of hydrogen-bond donors (Lipinski definition) is 2. The number of aliphatic hydroxyl groups excluding tert-OH is 1. The van der Waals surface area contributed by atoms with Gasteiger partial charge in [-0.3, -0.25) is 39.6 Å². The average molecular weight is 840 g/mol. The van der Waals surface area contributed by atoms with Crippen molar-refractivity contribution in [2.24, 2.45) is 17.6 Å². The summed E-state index contributed by atoms with van der Waals surface area (Å²) < 4.78 is 16.2. The Morgan fingerprint density at radius 1 is 0.915 bits per heavy atom. The molecule has 0 unspecified atom stereocenters. The van der Waals surface area contributed by atoms with Crippen LogP contribution in [0.25, 0.3) is 0 Å². The summed E-state index contributed by atoms with van der Waals surface area (Å²) in [5.74, 6) is -2.75. The number of nitrogens with zero attached hydrogens (tertiary/aromatic N) is 6. The first-order valence-electron chi connectivity index (χ1n) is 19.1. The minimum Gasteiger partial charge on any atom is -0.456 e. The number of nitro groups is 2. The molecule has 2 aromatic rings. The molecule has 6 atom stereocenters. The summed E-state index contributed by atoms with van der Waals surface area (Å²) in [7, 11) is 0. The van der Waals surface area contributed by atoms with Crippen molar-refractivity contribution in [2.45, 2.75) is 63.3 Å². The molecule has 3 N–H and O–H groups in total. The highest BCUT2D eigenvalue weighted by atomic mass is 32.2. The Bertz CT molecular complexity index is 2000. The zero-order chi connectivity index (χ0) is 42.5. The molecule has 20 nitrogen and oxygen atoms in total. The van der Waals surface area contributed by atoms with Crippen LogP contribution in [0.15, 0.2) is 59.1 Å². The number of rotatable bonds is 14. The molecular formula is C38H45N7O13S. The highest BCUT2D eigenvalue weighted by Crippen LogP contribution is 2.52. The van der Waals surface area contributed by atoms with Gasteiger partial charge in [0.1, 0.15) is 31.6 Å². The Hall–Kier alpha value is -5.80. The van der Waals surface area contributed by atoms with E-state index in [0.717, 1.165) is 0 Å². The number of nitrogens with two attached hydrogens (primary N) is 1. The first-order chi connectivity index (χ1) is 28.1.